The minimum absolute atomic E-state index is 0.439. The van der Waals surface area contributed by atoms with Crippen molar-refractivity contribution in [3.8, 4) is 11.9 Å². The first kappa shape index (κ1) is 19.1. The Morgan fingerprint density at radius 1 is 1.20 bits per heavy atom. The lowest BCUT2D eigenvalue weighted by Crippen LogP contribution is -2.37. The van der Waals surface area contributed by atoms with E-state index >= 15 is 0 Å². The second-order valence-electron chi connectivity index (χ2n) is 8.39. The molecular formula is C23H28N6O. The highest BCUT2D eigenvalue weighted by Gasteiger charge is 2.37. The fourth-order valence-electron chi connectivity index (χ4n) is 5.06. The summed E-state index contributed by atoms with van der Waals surface area (Å²) in [4.78, 5) is 7.41. The van der Waals surface area contributed by atoms with Crippen LogP contribution in [0.5, 0.6) is 0 Å². The van der Waals surface area contributed by atoms with E-state index in [1.54, 1.807) is 6.20 Å². The molecule has 3 aromatic heterocycles. The molecule has 2 aliphatic rings. The van der Waals surface area contributed by atoms with Gasteiger partial charge >= 0.3 is 0 Å². The molecule has 0 aromatic carbocycles. The normalized spacial score (nSPS) is 19.1. The molecule has 30 heavy (non-hydrogen) atoms. The summed E-state index contributed by atoms with van der Waals surface area (Å²) in [5, 5.41) is 18.7. The molecular weight excluding hydrogens is 376 g/mol. The summed E-state index contributed by atoms with van der Waals surface area (Å²) in [5.74, 6) is 1.86. The number of aromatic amines is 1. The number of nitrogens with zero attached hydrogens (tertiary/aromatic N) is 5. The van der Waals surface area contributed by atoms with Gasteiger partial charge in [0.1, 0.15) is 17.3 Å². The van der Waals surface area contributed by atoms with E-state index in [2.05, 4.69) is 44.8 Å². The Hall–Kier alpha value is -2.85. The molecule has 1 aliphatic heterocycles. The van der Waals surface area contributed by atoms with Crippen molar-refractivity contribution < 1.29 is 4.74 Å². The van der Waals surface area contributed by atoms with Crippen molar-refractivity contribution >= 4 is 16.9 Å². The molecule has 7 heteroatoms. The van der Waals surface area contributed by atoms with E-state index in [9.17, 15) is 5.26 Å². The average Bonchev–Trinajstić information content (AvgIpc) is 3.46. The number of nitriles is 1. The van der Waals surface area contributed by atoms with Crippen LogP contribution in [-0.2, 0) is 16.6 Å². The van der Waals surface area contributed by atoms with Crippen LogP contribution in [-0.4, -0.2) is 46.1 Å². The molecule has 0 radical (unpaired) electrons. The minimum atomic E-state index is -0.439. The molecule has 156 valence electrons. The summed E-state index contributed by atoms with van der Waals surface area (Å²) < 4.78 is 7.73. The molecule has 4 heterocycles. The lowest BCUT2D eigenvalue weighted by Gasteiger charge is -2.33. The predicted octanol–water partition coefficient (Wildman–Crippen LogP) is 3.87. The SMILES string of the molecule is CCc1cc2c(C3(C#N)CCCCC3)cc(N3CCOCC3)nc2n1-c1ccn[nH]1. The molecule has 1 aliphatic carbocycles. The fourth-order valence-corrected chi connectivity index (χ4v) is 5.06. The number of hydrogen-bond acceptors (Lipinski definition) is 5. The second-order valence-corrected chi connectivity index (χ2v) is 8.39. The summed E-state index contributed by atoms with van der Waals surface area (Å²) in [6.07, 6.45) is 7.90. The van der Waals surface area contributed by atoms with Crippen LogP contribution in [0.1, 0.15) is 50.3 Å². The Balaban J connectivity index is 1.78. The number of anilines is 1. The van der Waals surface area contributed by atoms with Gasteiger partial charge in [0.25, 0.3) is 0 Å². The van der Waals surface area contributed by atoms with Crippen LogP contribution < -0.4 is 4.90 Å². The van der Waals surface area contributed by atoms with Crippen molar-refractivity contribution in [2.45, 2.75) is 50.9 Å². The van der Waals surface area contributed by atoms with E-state index in [0.717, 1.165) is 73.4 Å². The quantitative estimate of drug-likeness (QED) is 0.714. The smallest absolute Gasteiger partial charge is 0.148 e. The molecule has 7 nitrogen and oxygen atoms in total. The topological polar surface area (TPSA) is 82.8 Å². The molecule has 1 N–H and O–H groups in total. The zero-order valence-corrected chi connectivity index (χ0v) is 17.5. The van der Waals surface area contributed by atoms with E-state index in [4.69, 9.17) is 9.72 Å². The summed E-state index contributed by atoms with van der Waals surface area (Å²) in [7, 11) is 0. The van der Waals surface area contributed by atoms with Gasteiger partial charge in [-0.15, -0.1) is 0 Å². The Labute approximate surface area is 176 Å². The van der Waals surface area contributed by atoms with Gasteiger partial charge in [-0.25, -0.2) is 4.98 Å². The molecule has 0 atom stereocenters. The standard InChI is InChI=1S/C23H28N6O/c1-2-17-14-18-19(23(16-24)7-4-3-5-8-23)15-21(28-10-12-30-13-11-28)26-22(18)29(17)20-6-9-25-27-20/h6,9,14-15H,2-5,7-8,10-13H2,1H3,(H,25,27). The number of aromatic nitrogens is 4. The Bertz CT molecular complexity index is 1070. The third kappa shape index (κ3) is 3.07. The largest absolute Gasteiger partial charge is 0.378 e. The highest BCUT2D eigenvalue weighted by Crippen LogP contribution is 2.44. The van der Waals surface area contributed by atoms with Crippen LogP contribution in [0.3, 0.4) is 0 Å². The van der Waals surface area contributed by atoms with Crippen LogP contribution in [0, 0.1) is 11.3 Å². The Morgan fingerprint density at radius 2 is 2.00 bits per heavy atom. The molecule has 0 unspecified atom stereocenters. The third-order valence-corrected chi connectivity index (χ3v) is 6.70. The number of H-pyrrole nitrogens is 1. The third-order valence-electron chi connectivity index (χ3n) is 6.70. The minimum Gasteiger partial charge on any atom is -0.378 e. The molecule has 0 amide bonds. The number of hydrogen-bond donors (Lipinski definition) is 1. The summed E-state index contributed by atoms with van der Waals surface area (Å²) in [6, 6.07) is 9.14. The first-order valence-electron chi connectivity index (χ1n) is 11.1. The maximum Gasteiger partial charge on any atom is 0.148 e. The highest BCUT2D eigenvalue weighted by molar-refractivity contribution is 5.86. The first-order valence-corrected chi connectivity index (χ1v) is 11.1. The molecule has 3 aromatic rings. The average molecular weight is 405 g/mol. The number of aryl methyl sites for hydroxylation is 1. The number of fused-ring (bicyclic) bond motifs is 1. The fraction of sp³-hybridized carbons (Fsp3) is 0.522. The Kier molecular flexibility index (Phi) is 4.95. The molecule has 1 saturated heterocycles. The van der Waals surface area contributed by atoms with Crippen molar-refractivity contribution in [3.05, 3.63) is 35.7 Å². The van der Waals surface area contributed by atoms with Gasteiger partial charge in [-0.2, -0.15) is 10.4 Å². The predicted molar refractivity (Wildman–Crippen MR) is 116 cm³/mol. The van der Waals surface area contributed by atoms with Crippen LogP contribution >= 0.6 is 0 Å². The van der Waals surface area contributed by atoms with Crippen LogP contribution in [0.4, 0.5) is 5.82 Å². The van der Waals surface area contributed by atoms with Crippen LogP contribution in [0.2, 0.25) is 0 Å². The van der Waals surface area contributed by atoms with Crippen LogP contribution in [0.25, 0.3) is 16.9 Å². The van der Waals surface area contributed by atoms with Gasteiger partial charge in [0, 0.05) is 30.2 Å². The van der Waals surface area contributed by atoms with Gasteiger partial charge in [0.2, 0.25) is 0 Å². The van der Waals surface area contributed by atoms with Gasteiger partial charge in [0.05, 0.1) is 30.9 Å². The molecule has 2 fully saturated rings. The highest BCUT2D eigenvalue weighted by atomic mass is 16.5. The van der Waals surface area contributed by atoms with Gasteiger partial charge in [-0.3, -0.25) is 9.67 Å². The van der Waals surface area contributed by atoms with Crippen LogP contribution in [0.15, 0.2) is 24.4 Å². The number of pyridine rings is 1. The number of ether oxygens (including phenoxy) is 1. The first-order chi connectivity index (χ1) is 14.8. The summed E-state index contributed by atoms with van der Waals surface area (Å²) in [5.41, 5.74) is 2.79. The molecule has 0 bridgehead atoms. The second kappa shape index (κ2) is 7.77. The zero-order valence-electron chi connectivity index (χ0n) is 17.5. The van der Waals surface area contributed by atoms with E-state index in [1.807, 2.05) is 6.07 Å². The van der Waals surface area contributed by atoms with Gasteiger partial charge < -0.3 is 9.64 Å². The van der Waals surface area contributed by atoms with Crippen molar-refractivity contribution in [1.29, 1.82) is 5.26 Å². The number of rotatable bonds is 4. The van der Waals surface area contributed by atoms with E-state index < -0.39 is 5.41 Å². The zero-order chi connectivity index (χ0) is 20.6. The molecule has 1 saturated carbocycles. The van der Waals surface area contributed by atoms with Crippen molar-refractivity contribution in [3.63, 3.8) is 0 Å². The summed E-state index contributed by atoms with van der Waals surface area (Å²) in [6.45, 7) is 5.22. The number of morpholine rings is 1. The van der Waals surface area contributed by atoms with E-state index in [0.29, 0.717) is 13.2 Å². The van der Waals surface area contributed by atoms with Gasteiger partial charge in [-0.1, -0.05) is 26.2 Å². The maximum absolute atomic E-state index is 10.3. The van der Waals surface area contributed by atoms with Crippen molar-refractivity contribution in [2.75, 3.05) is 31.2 Å². The monoisotopic (exact) mass is 404 g/mol. The van der Waals surface area contributed by atoms with Gasteiger partial charge in [-0.05, 0) is 37.0 Å². The number of nitrogens with one attached hydrogen (secondary N) is 1. The van der Waals surface area contributed by atoms with Crippen molar-refractivity contribution in [1.82, 2.24) is 19.7 Å². The molecule has 5 rings (SSSR count). The Morgan fingerprint density at radius 3 is 2.67 bits per heavy atom. The van der Waals surface area contributed by atoms with E-state index in [1.165, 1.54) is 12.1 Å². The maximum atomic E-state index is 10.3. The summed E-state index contributed by atoms with van der Waals surface area (Å²) >= 11 is 0. The molecule has 0 spiro atoms. The van der Waals surface area contributed by atoms with Crippen molar-refractivity contribution in [2.24, 2.45) is 0 Å². The lowest BCUT2D eigenvalue weighted by molar-refractivity contribution is 0.122. The van der Waals surface area contributed by atoms with Gasteiger partial charge in [0.15, 0.2) is 0 Å². The van der Waals surface area contributed by atoms with E-state index in [-0.39, 0.29) is 0 Å². The lowest BCUT2D eigenvalue weighted by atomic mass is 9.70.